The van der Waals surface area contributed by atoms with Crippen LogP contribution in [0.5, 0.6) is 0 Å². The second-order valence-corrected chi connectivity index (χ2v) is 13.1. The number of anilines is 1. The first-order valence-corrected chi connectivity index (χ1v) is 14.5. The highest BCUT2D eigenvalue weighted by Gasteiger charge is 2.53. The summed E-state index contributed by atoms with van der Waals surface area (Å²) in [4.78, 5) is 38.1. The molecule has 2 aromatic rings. The molecule has 3 heterocycles. The maximum absolute atomic E-state index is 13.2. The Hall–Kier alpha value is -2.53. The average molecular weight is 537 g/mol. The van der Waals surface area contributed by atoms with Crippen molar-refractivity contribution < 1.29 is 28.3 Å². The molecule has 3 atom stereocenters. The maximum atomic E-state index is 13.2. The van der Waals surface area contributed by atoms with E-state index >= 15 is 0 Å². The lowest BCUT2D eigenvalue weighted by atomic mass is 9.82. The van der Waals surface area contributed by atoms with Crippen molar-refractivity contribution in [3.63, 3.8) is 0 Å². The van der Waals surface area contributed by atoms with Crippen molar-refractivity contribution in [1.82, 2.24) is 24.6 Å². The van der Waals surface area contributed by atoms with Gasteiger partial charge in [0.25, 0.3) is 0 Å². The molecule has 2 bridgehead atoms. The number of hydrogen-bond donors (Lipinski definition) is 2. The Labute approximate surface area is 216 Å². The van der Waals surface area contributed by atoms with Crippen molar-refractivity contribution in [2.45, 2.75) is 90.7 Å². The number of nitrogens with zero attached hydrogens (tertiary/aromatic N) is 4. The number of nitrogen functional groups attached to an aromatic ring is 1. The molecule has 1 aliphatic heterocycles. The van der Waals surface area contributed by atoms with E-state index in [1.807, 2.05) is 25.3 Å². The van der Waals surface area contributed by atoms with Crippen molar-refractivity contribution in [2.75, 3.05) is 18.7 Å². The molecule has 37 heavy (non-hydrogen) atoms. The number of nitrogens with two attached hydrogens (primary N) is 1. The molecule has 1 aliphatic carbocycles. The van der Waals surface area contributed by atoms with Gasteiger partial charge >= 0.3 is 11.9 Å². The third-order valence-corrected chi connectivity index (χ3v) is 9.68. The fourth-order valence-corrected chi connectivity index (χ4v) is 8.37. The normalized spacial score (nSPS) is 24.1. The average Bonchev–Trinajstić information content (AvgIpc) is 3.33. The van der Waals surface area contributed by atoms with Crippen LogP contribution in [0.3, 0.4) is 0 Å². The fourth-order valence-electron chi connectivity index (χ4n) is 4.83. The number of hydrogen-bond acceptors (Lipinski definition) is 11. The third-order valence-electron chi connectivity index (χ3n) is 6.41. The Kier molecular flexibility index (Phi) is 8.23. The van der Waals surface area contributed by atoms with Crippen LogP contribution in [0.15, 0.2) is 12.7 Å². The molecule has 0 radical (unpaired) electrons. The molecular formula is C24H37N6O6P. The van der Waals surface area contributed by atoms with Gasteiger partial charge in [-0.15, -0.1) is 0 Å². The molecule has 204 valence electrons. The highest BCUT2D eigenvalue weighted by atomic mass is 31.2. The van der Waals surface area contributed by atoms with E-state index in [0.717, 1.165) is 18.1 Å². The lowest BCUT2D eigenvalue weighted by Gasteiger charge is -2.33. The number of ether oxygens (including phenoxy) is 3. The summed E-state index contributed by atoms with van der Waals surface area (Å²) in [5.74, 6) is -0.418. The zero-order valence-corrected chi connectivity index (χ0v) is 23.0. The molecule has 0 aromatic carbocycles. The second-order valence-electron chi connectivity index (χ2n) is 10.2. The van der Waals surface area contributed by atoms with Crippen molar-refractivity contribution >= 4 is 41.5 Å². The summed E-state index contributed by atoms with van der Waals surface area (Å²) in [6.45, 7) is 9.43. The van der Waals surface area contributed by atoms with E-state index in [1.165, 1.54) is 6.33 Å². The Morgan fingerprint density at radius 1 is 1.16 bits per heavy atom. The Morgan fingerprint density at radius 2 is 1.92 bits per heavy atom. The van der Waals surface area contributed by atoms with E-state index in [2.05, 4.69) is 20.0 Å². The monoisotopic (exact) mass is 536 g/mol. The smallest absolute Gasteiger partial charge is 0.332 e. The topological polar surface area (TPSA) is 153 Å². The van der Waals surface area contributed by atoms with E-state index < -0.39 is 18.8 Å². The van der Waals surface area contributed by atoms with Crippen LogP contribution in [0.1, 0.15) is 60.3 Å². The SMILES string of the molecule is CC(C)OC(=O)CO[P@@]1(CO[C@H](C)Cn2cnc3c(N)ncnc32)=C2CCCC(C(=O)OC(C)C)(C2)N1. The number of carbonyl (C=O) groups excluding carboxylic acids is 2. The number of fused-ring (bicyclic) bond motifs is 3. The maximum Gasteiger partial charge on any atom is 0.332 e. The van der Waals surface area contributed by atoms with E-state index in [9.17, 15) is 9.59 Å². The number of nitrogens with one attached hydrogen (secondary N) is 1. The van der Waals surface area contributed by atoms with Crippen molar-refractivity contribution in [3.8, 4) is 0 Å². The van der Waals surface area contributed by atoms with Gasteiger partial charge in [0.05, 0.1) is 38.4 Å². The number of imidazole rings is 1. The minimum Gasteiger partial charge on any atom is -0.462 e. The predicted molar refractivity (Wildman–Crippen MR) is 140 cm³/mol. The van der Waals surface area contributed by atoms with Gasteiger partial charge in [0.15, 0.2) is 11.5 Å². The van der Waals surface area contributed by atoms with Crippen molar-refractivity contribution in [2.24, 2.45) is 0 Å². The molecule has 1 unspecified atom stereocenters. The minimum absolute atomic E-state index is 0.207. The molecule has 2 aromatic heterocycles. The summed E-state index contributed by atoms with van der Waals surface area (Å²) in [6, 6.07) is 0. The molecule has 0 spiro atoms. The molecule has 1 saturated carbocycles. The van der Waals surface area contributed by atoms with Crippen LogP contribution in [-0.2, 0) is 34.9 Å². The summed E-state index contributed by atoms with van der Waals surface area (Å²) in [7, 11) is -2.64. The van der Waals surface area contributed by atoms with Crippen LogP contribution in [0.25, 0.3) is 11.2 Å². The van der Waals surface area contributed by atoms with Crippen LogP contribution >= 0.6 is 7.26 Å². The van der Waals surface area contributed by atoms with Gasteiger partial charge in [0.2, 0.25) is 0 Å². The second kappa shape index (κ2) is 11.1. The number of aromatic nitrogens is 4. The highest BCUT2D eigenvalue weighted by Crippen LogP contribution is 2.58. The first-order chi connectivity index (χ1) is 17.5. The minimum atomic E-state index is -2.64. The number of carbonyl (C=O) groups is 2. The van der Waals surface area contributed by atoms with E-state index in [0.29, 0.717) is 36.4 Å². The van der Waals surface area contributed by atoms with Gasteiger partial charge in [-0.05, 0) is 59.2 Å². The predicted octanol–water partition coefficient (Wildman–Crippen LogP) is 2.63. The highest BCUT2D eigenvalue weighted by molar-refractivity contribution is 7.70. The Morgan fingerprint density at radius 3 is 2.65 bits per heavy atom. The summed E-state index contributed by atoms with van der Waals surface area (Å²) in [5, 5.41) is 4.63. The van der Waals surface area contributed by atoms with E-state index in [-0.39, 0.29) is 37.2 Å². The molecule has 1 fully saturated rings. The van der Waals surface area contributed by atoms with Gasteiger partial charge in [-0.25, -0.2) is 19.7 Å². The first kappa shape index (κ1) is 27.5. The lowest BCUT2D eigenvalue weighted by molar-refractivity contribution is -0.155. The van der Waals surface area contributed by atoms with E-state index in [1.54, 1.807) is 20.2 Å². The Bertz CT molecular complexity index is 1210. The summed E-state index contributed by atoms with van der Waals surface area (Å²) >= 11 is 0. The molecule has 13 heteroatoms. The van der Waals surface area contributed by atoms with Crippen molar-refractivity contribution in [3.05, 3.63) is 12.7 Å². The third kappa shape index (κ3) is 5.98. The van der Waals surface area contributed by atoms with Crippen LogP contribution in [-0.4, -0.2) is 73.6 Å². The fraction of sp³-hybridized carbons (Fsp3) is 0.667. The molecule has 0 amide bonds. The van der Waals surface area contributed by atoms with Crippen LogP contribution in [0.2, 0.25) is 0 Å². The van der Waals surface area contributed by atoms with Gasteiger partial charge in [0.1, 0.15) is 30.3 Å². The molecule has 2 aliphatic rings. The summed E-state index contributed by atoms with van der Waals surface area (Å²) < 4.78 is 25.4. The van der Waals surface area contributed by atoms with Crippen LogP contribution < -0.4 is 10.8 Å². The molecular weight excluding hydrogens is 499 g/mol. The van der Waals surface area contributed by atoms with Gasteiger partial charge in [-0.2, -0.15) is 0 Å². The standard InChI is InChI=1S/C24H37N6O6P/c1-15(2)35-19(31)11-34-37(18-7-6-8-24(9-18,29-37)23(32)36-16(3)4)14-33-17(5)10-30-13-28-20-21(25)26-12-27-22(20)30/h12-13,15-17,29H,6-11,14H2,1-5H3,(H2,25,26,27)/t17-,24?,37+/m1/s1. The van der Waals surface area contributed by atoms with Gasteiger partial charge < -0.3 is 29.0 Å². The molecule has 4 rings (SSSR count). The number of esters is 2. The van der Waals surface area contributed by atoms with Gasteiger partial charge in [-0.1, -0.05) is 0 Å². The van der Waals surface area contributed by atoms with Gasteiger partial charge in [-0.3, -0.25) is 9.88 Å². The van der Waals surface area contributed by atoms with Crippen LogP contribution in [0.4, 0.5) is 5.82 Å². The lowest BCUT2D eigenvalue weighted by Crippen LogP contribution is -2.50. The zero-order chi connectivity index (χ0) is 26.8. The van der Waals surface area contributed by atoms with Crippen molar-refractivity contribution in [1.29, 1.82) is 0 Å². The first-order valence-electron chi connectivity index (χ1n) is 12.6. The van der Waals surface area contributed by atoms with E-state index in [4.69, 9.17) is 24.5 Å². The number of rotatable bonds is 11. The zero-order valence-electron chi connectivity index (χ0n) is 22.1. The summed E-state index contributed by atoms with van der Waals surface area (Å²) in [6.07, 6.45) is 5.32. The largest absolute Gasteiger partial charge is 0.462 e. The molecule has 0 saturated heterocycles. The Balaban J connectivity index is 1.53. The summed E-state index contributed by atoms with van der Waals surface area (Å²) in [5.41, 5.74) is 6.21. The van der Waals surface area contributed by atoms with Crippen LogP contribution in [0, 0.1) is 0 Å². The molecule has 12 nitrogen and oxygen atoms in total. The quantitative estimate of drug-likeness (QED) is 0.322. The molecule has 3 N–H and O–H groups in total. The van der Waals surface area contributed by atoms with Gasteiger partial charge in [0, 0.05) is 6.42 Å².